The highest BCUT2D eigenvalue weighted by Gasteiger charge is 2.36. The van der Waals surface area contributed by atoms with E-state index < -0.39 is 5.54 Å². The van der Waals surface area contributed by atoms with Crippen molar-refractivity contribution < 1.29 is 0 Å². The number of hydrogen-bond donors (Lipinski definition) is 1. The molecule has 0 aromatic heterocycles. The first kappa shape index (κ1) is 16.0. The number of likely N-dealkylation sites (N-methyl/N-ethyl adjacent to an activating group) is 2. The molecule has 0 saturated carbocycles. The van der Waals surface area contributed by atoms with Crippen LogP contribution in [0.2, 0.25) is 0 Å². The smallest absolute Gasteiger partial charge is 0.145 e. The third-order valence-electron chi connectivity index (χ3n) is 4.34. The average molecular weight is 286 g/mol. The van der Waals surface area contributed by atoms with Gasteiger partial charge in [0.2, 0.25) is 0 Å². The molecule has 1 fully saturated rings. The summed E-state index contributed by atoms with van der Waals surface area (Å²) in [6.07, 6.45) is 0. The van der Waals surface area contributed by atoms with Crippen LogP contribution in [0.1, 0.15) is 19.4 Å². The molecule has 1 saturated heterocycles. The van der Waals surface area contributed by atoms with Gasteiger partial charge in [-0.05, 0) is 26.1 Å². The van der Waals surface area contributed by atoms with E-state index >= 15 is 0 Å². The molecule has 0 aliphatic carbocycles. The molecule has 0 spiro atoms. The van der Waals surface area contributed by atoms with Gasteiger partial charge in [0.1, 0.15) is 5.54 Å². The van der Waals surface area contributed by atoms with Crippen molar-refractivity contribution in [3.63, 3.8) is 0 Å². The first-order chi connectivity index (χ1) is 10.1. The first-order valence-electron chi connectivity index (χ1n) is 7.75. The van der Waals surface area contributed by atoms with Crippen LogP contribution in [-0.4, -0.2) is 55.6 Å². The van der Waals surface area contributed by atoms with Gasteiger partial charge in [-0.25, -0.2) is 0 Å². The number of nitriles is 1. The van der Waals surface area contributed by atoms with Gasteiger partial charge in [0.25, 0.3) is 0 Å². The summed E-state index contributed by atoms with van der Waals surface area (Å²) >= 11 is 0. The van der Waals surface area contributed by atoms with Gasteiger partial charge in [-0.15, -0.1) is 0 Å². The molecule has 0 radical (unpaired) electrons. The van der Waals surface area contributed by atoms with E-state index in [1.54, 1.807) is 0 Å². The Morgan fingerprint density at radius 3 is 2.62 bits per heavy atom. The van der Waals surface area contributed by atoms with Crippen molar-refractivity contribution in [1.82, 2.24) is 15.1 Å². The van der Waals surface area contributed by atoms with E-state index in [4.69, 9.17) is 0 Å². The van der Waals surface area contributed by atoms with E-state index in [0.29, 0.717) is 6.04 Å². The van der Waals surface area contributed by atoms with E-state index in [1.165, 1.54) is 0 Å². The van der Waals surface area contributed by atoms with E-state index in [2.05, 4.69) is 42.1 Å². The number of benzene rings is 1. The molecule has 0 bridgehead atoms. The highest BCUT2D eigenvalue weighted by Crippen LogP contribution is 2.24. The molecule has 1 aromatic carbocycles. The molecule has 2 atom stereocenters. The van der Waals surface area contributed by atoms with Gasteiger partial charge >= 0.3 is 0 Å². The zero-order chi connectivity index (χ0) is 15.3. The Kier molecular flexibility index (Phi) is 5.35. The monoisotopic (exact) mass is 286 g/mol. The molecule has 4 heteroatoms. The SMILES string of the molecule is CCNC(C#N)(CN1CCN(C)CC1C)c1ccccc1. The van der Waals surface area contributed by atoms with Crippen LogP contribution in [0.25, 0.3) is 0 Å². The van der Waals surface area contributed by atoms with Gasteiger partial charge in [-0.1, -0.05) is 37.3 Å². The maximum absolute atomic E-state index is 9.88. The number of nitrogens with one attached hydrogen (secondary N) is 1. The fraction of sp³-hybridized carbons (Fsp3) is 0.588. The summed E-state index contributed by atoms with van der Waals surface area (Å²) in [5, 5.41) is 13.3. The minimum absolute atomic E-state index is 0.471. The lowest BCUT2D eigenvalue weighted by atomic mass is 9.89. The van der Waals surface area contributed by atoms with E-state index in [-0.39, 0.29) is 0 Å². The van der Waals surface area contributed by atoms with Crippen LogP contribution < -0.4 is 5.32 Å². The fourth-order valence-electron chi connectivity index (χ4n) is 3.13. The summed E-state index contributed by atoms with van der Waals surface area (Å²) in [6.45, 7) is 8.95. The minimum atomic E-state index is -0.625. The van der Waals surface area contributed by atoms with Crippen molar-refractivity contribution in [2.75, 3.05) is 39.8 Å². The van der Waals surface area contributed by atoms with Crippen molar-refractivity contribution >= 4 is 0 Å². The van der Waals surface area contributed by atoms with Gasteiger partial charge < -0.3 is 4.90 Å². The predicted octanol–water partition coefficient (Wildman–Crippen LogP) is 1.65. The molecule has 2 rings (SSSR count). The largest absolute Gasteiger partial charge is 0.304 e. The summed E-state index contributed by atoms with van der Waals surface area (Å²) in [7, 11) is 2.16. The Bertz CT molecular complexity index is 481. The lowest BCUT2D eigenvalue weighted by Crippen LogP contribution is -2.57. The normalized spacial score (nSPS) is 23.4. The third-order valence-corrected chi connectivity index (χ3v) is 4.34. The Labute approximate surface area is 128 Å². The summed E-state index contributed by atoms with van der Waals surface area (Å²) in [4.78, 5) is 4.78. The maximum atomic E-state index is 9.88. The summed E-state index contributed by atoms with van der Waals surface area (Å²) in [5.74, 6) is 0. The van der Waals surface area contributed by atoms with Crippen molar-refractivity contribution in [3.05, 3.63) is 35.9 Å². The number of hydrogen-bond acceptors (Lipinski definition) is 4. The molecular weight excluding hydrogens is 260 g/mol. The average Bonchev–Trinajstić information content (AvgIpc) is 2.50. The Hall–Kier alpha value is -1.41. The zero-order valence-electron chi connectivity index (χ0n) is 13.3. The molecule has 1 aliphatic heterocycles. The van der Waals surface area contributed by atoms with Crippen LogP contribution in [0, 0.1) is 11.3 Å². The summed E-state index contributed by atoms with van der Waals surface area (Å²) < 4.78 is 0. The number of rotatable bonds is 5. The quantitative estimate of drug-likeness (QED) is 0.894. The van der Waals surface area contributed by atoms with Crippen LogP contribution in [0.4, 0.5) is 0 Å². The Morgan fingerprint density at radius 2 is 2.05 bits per heavy atom. The zero-order valence-corrected chi connectivity index (χ0v) is 13.3. The van der Waals surface area contributed by atoms with Gasteiger partial charge in [-0.2, -0.15) is 5.26 Å². The number of piperazine rings is 1. The van der Waals surface area contributed by atoms with Crippen LogP contribution in [-0.2, 0) is 5.54 Å². The van der Waals surface area contributed by atoms with Crippen molar-refractivity contribution in [2.45, 2.75) is 25.4 Å². The van der Waals surface area contributed by atoms with Crippen LogP contribution in [0.3, 0.4) is 0 Å². The molecule has 0 amide bonds. The second-order valence-corrected chi connectivity index (χ2v) is 6.00. The van der Waals surface area contributed by atoms with E-state index in [1.807, 2.05) is 30.3 Å². The lowest BCUT2D eigenvalue weighted by molar-refractivity contribution is 0.0798. The molecular formula is C17H26N4. The summed E-state index contributed by atoms with van der Waals surface area (Å²) in [5.41, 5.74) is 0.431. The second-order valence-electron chi connectivity index (χ2n) is 6.00. The van der Waals surface area contributed by atoms with Crippen molar-refractivity contribution in [2.24, 2.45) is 0 Å². The molecule has 1 aromatic rings. The van der Waals surface area contributed by atoms with Crippen LogP contribution in [0.15, 0.2) is 30.3 Å². The van der Waals surface area contributed by atoms with E-state index in [0.717, 1.165) is 38.3 Å². The van der Waals surface area contributed by atoms with Gasteiger partial charge in [0.05, 0.1) is 6.07 Å². The lowest BCUT2D eigenvalue weighted by Gasteiger charge is -2.42. The molecule has 2 unspecified atom stereocenters. The second kappa shape index (κ2) is 7.04. The van der Waals surface area contributed by atoms with Gasteiger partial charge in [-0.3, -0.25) is 10.2 Å². The highest BCUT2D eigenvalue weighted by atomic mass is 15.3. The summed E-state index contributed by atoms with van der Waals surface area (Å²) in [6, 6.07) is 13.1. The van der Waals surface area contributed by atoms with Crippen molar-refractivity contribution in [3.8, 4) is 6.07 Å². The van der Waals surface area contributed by atoms with Gasteiger partial charge in [0, 0.05) is 32.2 Å². The van der Waals surface area contributed by atoms with E-state index in [9.17, 15) is 5.26 Å². The fourth-order valence-corrected chi connectivity index (χ4v) is 3.13. The first-order valence-corrected chi connectivity index (χ1v) is 7.75. The molecule has 1 heterocycles. The van der Waals surface area contributed by atoms with Crippen LogP contribution >= 0.6 is 0 Å². The maximum Gasteiger partial charge on any atom is 0.145 e. The van der Waals surface area contributed by atoms with Crippen LogP contribution in [0.5, 0.6) is 0 Å². The molecule has 114 valence electrons. The standard InChI is InChI=1S/C17H26N4/c1-4-19-17(13-18,16-8-6-5-7-9-16)14-21-11-10-20(3)12-15(21)2/h5-9,15,19H,4,10-12,14H2,1-3H3. The Balaban J connectivity index is 2.23. The minimum Gasteiger partial charge on any atom is -0.304 e. The predicted molar refractivity (Wildman–Crippen MR) is 85.9 cm³/mol. The highest BCUT2D eigenvalue weighted by molar-refractivity contribution is 5.32. The molecule has 4 nitrogen and oxygen atoms in total. The van der Waals surface area contributed by atoms with Crippen molar-refractivity contribution in [1.29, 1.82) is 5.26 Å². The molecule has 1 aliphatic rings. The molecule has 1 N–H and O–H groups in total. The third kappa shape index (κ3) is 3.62. The Morgan fingerprint density at radius 1 is 1.33 bits per heavy atom. The topological polar surface area (TPSA) is 42.3 Å². The van der Waals surface area contributed by atoms with Gasteiger partial charge in [0.15, 0.2) is 0 Å². The number of nitrogens with zero attached hydrogens (tertiary/aromatic N) is 3. The molecule has 21 heavy (non-hydrogen) atoms.